The molecule has 5 aromatic carbocycles. The van der Waals surface area contributed by atoms with Gasteiger partial charge < -0.3 is 27.4 Å². The van der Waals surface area contributed by atoms with Crippen molar-refractivity contribution in [3.05, 3.63) is 150 Å². The highest BCUT2D eigenvalue weighted by atomic mass is 127. The fourth-order valence-electron chi connectivity index (χ4n) is 5.86. The van der Waals surface area contributed by atoms with E-state index in [9.17, 15) is 18.0 Å². The van der Waals surface area contributed by atoms with E-state index in [2.05, 4.69) is 89.6 Å². The van der Waals surface area contributed by atoms with Crippen LogP contribution in [0.2, 0.25) is 19.6 Å². The van der Waals surface area contributed by atoms with Gasteiger partial charge in [0.05, 0.1) is 5.56 Å². The van der Waals surface area contributed by atoms with E-state index in [0.717, 1.165) is 58.5 Å². The summed E-state index contributed by atoms with van der Waals surface area (Å²) in [7, 11) is 0.710. The van der Waals surface area contributed by atoms with Gasteiger partial charge in [-0.1, -0.05) is 67.7 Å². The van der Waals surface area contributed by atoms with E-state index >= 15 is 0 Å². The van der Waals surface area contributed by atoms with Gasteiger partial charge in [0.15, 0.2) is 0 Å². The maximum Gasteiger partial charge on any atom is 0.416 e. The van der Waals surface area contributed by atoms with E-state index < -0.39 is 25.7 Å². The lowest BCUT2D eigenvalue weighted by Crippen LogP contribution is -2.44. The third-order valence-electron chi connectivity index (χ3n) is 9.77. The van der Waals surface area contributed by atoms with E-state index in [4.69, 9.17) is 30.0 Å². The third kappa shape index (κ3) is 17.5. The van der Waals surface area contributed by atoms with Crippen molar-refractivity contribution < 1.29 is 18.0 Å². The molecule has 0 spiro atoms. The highest BCUT2D eigenvalue weighted by Gasteiger charge is 2.34. The smallest absolute Gasteiger partial charge is 0.399 e. The number of benzene rings is 5. The largest absolute Gasteiger partial charge is 0.416 e. The first-order valence-electron chi connectivity index (χ1n) is 20.2. The Bertz CT molecular complexity index is 2520. The number of nitrogens with two attached hydrogens (primary N) is 3. The molecule has 6 rings (SSSR count). The Balaban J connectivity index is 0.000000262. The predicted octanol–water partition coefficient (Wildman–Crippen LogP) is 10.5. The second-order valence-electron chi connectivity index (χ2n) is 16.4. The molecule has 1 heterocycles. The minimum absolute atomic E-state index is 0.0488. The molecule has 63 heavy (non-hydrogen) atoms. The molecule has 1 fully saturated rings. The third-order valence-corrected chi connectivity index (χ3v) is 11.8. The molecule has 1 aliphatic heterocycles. The van der Waals surface area contributed by atoms with Crippen LogP contribution < -0.4 is 22.5 Å². The number of nitrogens with zero attached hydrogens (tertiary/aromatic N) is 2. The van der Waals surface area contributed by atoms with Gasteiger partial charge in [-0.25, -0.2) is 0 Å². The monoisotopic (exact) mass is 982 g/mol. The van der Waals surface area contributed by atoms with Crippen molar-refractivity contribution in [3.8, 4) is 36.2 Å². The van der Waals surface area contributed by atoms with E-state index in [1.807, 2.05) is 74.3 Å². The van der Waals surface area contributed by atoms with Crippen LogP contribution in [0, 0.1) is 67.4 Å². The minimum Gasteiger partial charge on any atom is -0.399 e. The molecule has 330 valence electrons. The molecule has 12 heteroatoms. The average molecular weight is 983 g/mol. The Kier molecular flexibility index (Phi) is 19.4. The summed E-state index contributed by atoms with van der Waals surface area (Å²) >= 11 is 2.27. The van der Waals surface area contributed by atoms with E-state index in [1.165, 1.54) is 26.8 Å². The molecule has 1 aliphatic rings. The first-order valence-corrected chi connectivity index (χ1v) is 24.8. The van der Waals surface area contributed by atoms with E-state index in [-0.39, 0.29) is 17.7 Å². The molecule has 0 radical (unpaired) electrons. The van der Waals surface area contributed by atoms with Crippen LogP contribution >= 0.6 is 22.6 Å². The Morgan fingerprint density at radius 3 is 1.70 bits per heavy atom. The fraction of sp³-hybridized carbons (Fsp3) is 0.275. The van der Waals surface area contributed by atoms with Gasteiger partial charge in [0.2, 0.25) is 0 Å². The number of halogens is 4. The van der Waals surface area contributed by atoms with Crippen LogP contribution in [0.3, 0.4) is 0 Å². The van der Waals surface area contributed by atoms with Gasteiger partial charge in [-0.2, -0.15) is 13.2 Å². The summed E-state index contributed by atoms with van der Waals surface area (Å²) < 4.78 is 42.3. The predicted molar refractivity (Wildman–Crippen MR) is 269 cm³/mol. The van der Waals surface area contributed by atoms with Crippen LogP contribution in [0.25, 0.3) is 0 Å². The maximum absolute atomic E-state index is 13.7. The molecule has 7 nitrogen and oxygen atoms in total. The Hall–Kier alpha value is -5.69. The summed E-state index contributed by atoms with van der Waals surface area (Å²) in [5, 5.41) is 2.63. The molecule has 0 aliphatic carbocycles. The van der Waals surface area contributed by atoms with Crippen molar-refractivity contribution in [2.75, 3.05) is 55.7 Å². The minimum atomic E-state index is -4.54. The number of amides is 1. The first kappa shape index (κ1) is 51.7. The molecule has 1 saturated heterocycles. The van der Waals surface area contributed by atoms with Gasteiger partial charge >= 0.3 is 6.18 Å². The van der Waals surface area contributed by atoms with E-state index in [1.54, 1.807) is 24.3 Å². The number of aryl methyl sites for hydroxylation is 4. The van der Waals surface area contributed by atoms with Crippen molar-refractivity contribution in [3.63, 3.8) is 0 Å². The van der Waals surface area contributed by atoms with Crippen molar-refractivity contribution in [2.45, 2.75) is 60.1 Å². The highest BCUT2D eigenvalue weighted by molar-refractivity contribution is 14.1. The van der Waals surface area contributed by atoms with Crippen molar-refractivity contribution in [1.82, 2.24) is 9.80 Å². The lowest BCUT2D eigenvalue weighted by molar-refractivity contribution is -0.138. The molecule has 0 unspecified atom stereocenters. The zero-order valence-corrected chi connectivity index (χ0v) is 40.6. The number of nitrogen functional groups attached to an aromatic ring is 3. The molecule has 0 bridgehead atoms. The van der Waals surface area contributed by atoms with Crippen LogP contribution in [-0.4, -0.2) is 57.0 Å². The van der Waals surface area contributed by atoms with Gasteiger partial charge in [-0.15, -0.1) is 18.4 Å². The number of carbonyl (C=O) groups is 1. The molecule has 0 aromatic heterocycles. The summed E-state index contributed by atoms with van der Waals surface area (Å²) in [4.78, 5) is 16.7. The lowest BCUT2D eigenvalue weighted by Gasteiger charge is -2.33. The number of alkyl halides is 3. The summed E-state index contributed by atoms with van der Waals surface area (Å²) in [6.45, 7) is 17.9. The second kappa shape index (κ2) is 23.7. The lowest BCUT2D eigenvalue weighted by atomic mass is 10.0. The fourth-order valence-corrected chi connectivity index (χ4v) is 6.91. The summed E-state index contributed by atoms with van der Waals surface area (Å²) in [5.41, 5.74) is 29.2. The van der Waals surface area contributed by atoms with Gasteiger partial charge in [0.1, 0.15) is 8.07 Å². The number of nitrogens with one attached hydrogen (secondary N) is 1. The van der Waals surface area contributed by atoms with Crippen molar-refractivity contribution >= 4 is 59.3 Å². The van der Waals surface area contributed by atoms with E-state index in [0.29, 0.717) is 24.3 Å². The van der Waals surface area contributed by atoms with Crippen LogP contribution in [0.4, 0.5) is 35.9 Å². The molecule has 0 atom stereocenters. The van der Waals surface area contributed by atoms with Gasteiger partial charge in [-0.3, -0.25) is 9.69 Å². The number of terminal acetylenes is 2. The van der Waals surface area contributed by atoms with Gasteiger partial charge in [0.25, 0.3) is 5.91 Å². The maximum atomic E-state index is 13.7. The Morgan fingerprint density at radius 1 is 0.714 bits per heavy atom. The zero-order valence-electron chi connectivity index (χ0n) is 37.4. The number of likely N-dealkylation sites (N-methyl/N-ethyl adjacent to an activating group) is 1. The molecular weight excluding hydrogens is 925 g/mol. The number of rotatable bonds is 4. The number of carbonyl (C=O) groups excluding carboxylic acids is 1. The van der Waals surface area contributed by atoms with Crippen LogP contribution in [0.5, 0.6) is 0 Å². The summed E-state index contributed by atoms with van der Waals surface area (Å²) in [6.07, 6.45) is 6.11. The van der Waals surface area contributed by atoms with Crippen LogP contribution in [0.1, 0.15) is 60.4 Å². The number of piperazine rings is 1. The van der Waals surface area contributed by atoms with Gasteiger partial charge in [0, 0.05) is 81.3 Å². The summed E-state index contributed by atoms with van der Waals surface area (Å²) in [5.74, 6) is 7.69. The Morgan fingerprint density at radius 2 is 1.21 bits per heavy atom. The normalized spacial score (nSPS) is 12.5. The topological polar surface area (TPSA) is 114 Å². The molecule has 1 amide bonds. The second-order valence-corrected chi connectivity index (χ2v) is 22.3. The zero-order chi connectivity index (χ0) is 47.1. The number of anilines is 4. The SMILES string of the molecule is C#Cc1cc(N)ccc1C.C#Cc1cc(NC(=O)c2ccc(CN3CCN(C)CC3)c(C(F)(F)F)c2)ccc1C.Cc1ccc(N)cc1C#C[Si](C)(C)C.Cc1ccc(N)cc1I. The quantitative estimate of drug-likeness (QED) is 0.0618. The first-order chi connectivity index (χ1) is 29.5. The van der Waals surface area contributed by atoms with Crippen molar-refractivity contribution in [1.29, 1.82) is 0 Å². The molecule has 7 N–H and O–H groups in total. The number of hydrogen-bond donors (Lipinski definition) is 4. The highest BCUT2D eigenvalue weighted by Crippen LogP contribution is 2.34. The Labute approximate surface area is 387 Å². The molecule has 0 saturated carbocycles. The average Bonchev–Trinajstić information content (AvgIpc) is 3.22. The molecule has 5 aromatic rings. The molecular formula is C51H58F3IN6OSi. The van der Waals surface area contributed by atoms with Gasteiger partial charge in [-0.05, 0) is 146 Å². The standard InChI is InChI=1S/C23H24F3N3O.C12H17NSi.C9H9N.C7H8IN/c1-4-17-13-20(8-5-16(17)2)27-22(30)18-6-7-19(21(14-18)23(24,25)26)15-29-11-9-28(3)10-12-29;1-10-5-6-12(13)9-11(10)7-8-14(2,3)4;1-3-8-6-9(10)5-4-7(8)2;1-5-2-3-6(9)4-7(5)8/h1,5-8,13-14H,9-12,15H2,2-3H3,(H,27,30);5-6,9H,13H2,1-4H3;1,4-6H,10H2,2H3;2-4H,9H2,1H3. The van der Waals surface area contributed by atoms with Crippen molar-refractivity contribution in [2.24, 2.45) is 0 Å². The summed E-state index contributed by atoms with van der Waals surface area (Å²) in [6, 6.07) is 26.2. The number of hydrogen-bond acceptors (Lipinski definition) is 6. The van der Waals surface area contributed by atoms with Crippen LogP contribution in [-0.2, 0) is 12.7 Å². The van der Waals surface area contributed by atoms with Crippen LogP contribution in [0.15, 0.2) is 91.0 Å².